The van der Waals surface area contributed by atoms with Gasteiger partial charge in [-0.3, -0.25) is 14.9 Å². The van der Waals surface area contributed by atoms with E-state index in [1.165, 1.54) is 18.3 Å². The largest absolute Gasteiger partial charge is 0.326 e. The Bertz CT molecular complexity index is 693. The van der Waals surface area contributed by atoms with Gasteiger partial charge in [-0.25, -0.2) is 4.98 Å². The van der Waals surface area contributed by atoms with E-state index in [0.717, 1.165) is 15.0 Å². The Kier molecular flexibility index (Phi) is 4.74. The van der Waals surface area contributed by atoms with Crippen LogP contribution in [0.2, 0.25) is 0 Å². The number of anilines is 2. The summed E-state index contributed by atoms with van der Waals surface area (Å²) in [6.07, 6.45) is 0. The van der Waals surface area contributed by atoms with Crippen molar-refractivity contribution in [2.45, 2.75) is 20.8 Å². The van der Waals surface area contributed by atoms with Gasteiger partial charge in [-0.05, 0) is 32.0 Å². The van der Waals surface area contributed by atoms with Crippen LogP contribution >= 0.6 is 27.3 Å². The number of amides is 2. The maximum absolute atomic E-state index is 12.3. The molecule has 1 heterocycles. The second-order valence-electron chi connectivity index (χ2n) is 4.49. The lowest BCUT2D eigenvalue weighted by molar-refractivity contribution is -0.114. The Balaban J connectivity index is 2.27. The highest BCUT2D eigenvalue weighted by Gasteiger charge is 2.15. The molecular formula is C14H14BrN3O2S. The molecule has 0 aliphatic carbocycles. The molecule has 0 saturated heterocycles. The van der Waals surface area contributed by atoms with Crippen LogP contribution in [0.1, 0.15) is 27.9 Å². The van der Waals surface area contributed by atoms with Gasteiger partial charge in [0.1, 0.15) is 0 Å². The summed E-state index contributed by atoms with van der Waals surface area (Å²) in [6, 6.07) is 5.09. The molecule has 5 nitrogen and oxygen atoms in total. The standard InChI is InChI=1S/C14H14BrN3O2S/c1-7-8(2)21-14(16-7)18-13(20)11-5-4-10(15)6-12(11)17-9(3)19/h4-6H,1-3H3,(H,17,19)(H,16,18,20). The predicted molar refractivity (Wildman–Crippen MR) is 88.0 cm³/mol. The first-order valence-electron chi connectivity index (χ1n) is 6.19. The van der Waals surface area contributed by atoms with Gasteiger partial charge in [0.15, 0.2) is 5.13 Å². The van der Waals surface area contributed by atoms with Crippen molar-refractivity contribution in [2.75, 3.05) is 10.6 Å². The molecule has 1 aromatic heterocycles. The van der Waals surface area contributed by atoms with Gasteiger partial charge in [0, 0.05) is 16.3 Å². The molecule has 1 aromatic carbocycles. The molecule has 0 unspecified atom stereocenters. The molecule has 2 rings (SSSR count). The molecule has 110 valence electrons. The number of aromatic nitrogens is 1. The molecule has 0 aliphatic heterocycles. The van der Waals surface area contributed by atoms with E-state index in [0.29, 0.717) is 16.4 Å². The summed E-state index contributed by atoms with van der Waals surface area (Å²) in [6.45, 7) is 5.24. The summed E-state index contributed by atoms with van der Waals surface area (Å²) in [5.41, 5.74) is 1.74. The van der Waals surface area contributed by atoms with Gasteiger partial charge in [-0.1, -0.05) is 15.9 Å². The van der Waals surface area contributed by atoms with Crippen LogP contribution in [0.15, 0.2) is 22.7 Å². The van der Waals surface area contributed by atoms with E-state index in [4.69, 9.17) is 0 Å². The molecule has 0 aliphatic rings. The van der Waals surface area contributed by atoms with E-state index in [-0.39, 0.29) is 11.8 Å². The number of benzene rings is 1. The summed E-state index contributed by atoms with van der Waals surface area (Å²) >= 11 is 4.74. The van der Waals surface area contributed by atoms with Crippen molar-refractivity contribution >= 4 is 49.9 Å². The van der Waals surface area contributed by atoms with Gasteiger partial charge >= 0.3 is 0 Å². The minimum absolute atomic E-state index is 0.233. The number of hydrogen-bond donors (Lipinski definition) is 2. The minimum Gasteiger partial charge on any atom is -0.326 e. The van der Waals surface area contributed by atoms with Crippen molar-refractivity contribution in [3.05, 3.63) is 38.8 Å². The van der Waals surface area contributed by atoms with Gasteiger partial charge in [0.05, 0.1) is 16.9 Å². The van der Waals surface area contributed by atoms with Crippen molar-refractivity contribution < 1.29 is 9.59 Å². The van der Waals surface area contributed by atoms with Crippen LogP contribution in [0.4, 0.5) is 10.8 Å². The lowest BCUT2D eigenvalue weighted by atomic mass is 10.1. The second-order valence-corrected chi connectivity index (χ2v) is 6.60. The van der Waals surface area contributed by atoms with Crippen LogP contribution in [0.3, 0.4) is 0 Å². The lowest BCUT2D eigenvalue weighted by Crippen LogP contribution is -2.16. The number of carbonyl (C=O) groups is 2. The van der Waals surface area contributed by atoms with Crippen LogP contribution in [-0.2, 0) is 4.79 Å². The second kappa shape index (κ2) is 6.36. The number of rotatable bonds is 3. The zero-order valence-electron chi connectivity index (χ0n) is 11.8. The van der Waals surface area contributed by atoms with Gasteiger partial charge in [-0.2, -0.15) is 0 Å². The highest BCUT2D eigenvalue weighted by atomic mass is 79.9. The molecule has 0 radical (unpaired) electrons. The first-order chi connectivity index (χ1) is 9.86. The average molecular weight is 368 g/mol. The Morgan fingerprint density at radius 2 is 1.95 bits per heavy atom. The number of hydrogen-bond acceptors (Lipinski definition) is 4. The number of carbonyl (C=O) groups excluding carboxylic acids is 2. The van der Waals surface area contributed by atoms with Crippen molar-refractivity contribution in [1.82, 2.24) is 4.98 Å². The highest BCUT2D eigenvalue weighted by Crippen LogP contribution is 2.25. The first-order valence-corrected chi connectivity index (χ1v) is 7.80. The topological polar surface area (TPSA) is 71.1 Å². The summed E-state index contributed by atoms with van der Waals surface area (Å²) in [4.78, 5) is 28.9. The van der Waals surface area contributed by atoms with E-state index in [2.05, 4.69) is 31.5 Å². The third kappa shape index (κ3) is 3.89. The SMILES string of the molecule is CC(=O)Nc1cc(Br)ccc1C(=O)Nc1nc(C)c(C)s1. The number of nitrogens with zero attached hydrogens (tertiary/aromatic N) is 1. The molecule has 0 bridgehead atoms. The normalized spacial score (nSPS) is 10.3. The Morgan fingerprint density at radius 3 is 2.52 bits per heavy atom. The minimum atomic E-state index is -0.306. The summed E-state index contributed by atoms with van der Waals surface area (Å²) in [5.74, 6) is -0.539. The van der Waals surface area contributed by atoms with Crippen molar-refractivity contribution in [3.8, 4) is 0 Å². The van der Waals surface area contributed by atoms with E-state index < -0.39 is 0 Å². The molecule has 0 fully saturated rings. The zero-order valence-corrected chi connectivity index (χ0v) is 14.2. The first kappa shape index (κ1) is 15.7. The van der Waals surface area contributed by atoms with E-state index in [9.17, 15) is 9.59 Å². The average Bonchev–Trinajstić information content (AvgIpc) is 2.67. The third-order valence-corrected chi connectivity index (χ3v) is 4.27. The van der Waals surface area contributed by atoms with Crippen LogP contribution < -0.4 is 10.6 Å². The molecule has 2 aromatic rings. The zero-order chi connectivity index (χ0) is 15.6. The molecule has 0 saturated carbocycles. The van der Waals surface area contributed by atoms with Crippen molar-refractivity contribution in [3.63, 3.8) is 0 Å². The van der Waals surface area contributed by atoms with Crippen LogP contribution in [-0.4, -0.2) is 16.8 Å². The fourth-order valence-corrected chi connectivity index (χ4v) is 2.87. The number of halogens is 1. The molecule has 0 atom stereocenters. The number of thiazole rings is 1. The monoisotopic (exact) mass is 367 g/mol. The number of nitrogens with one attached hydrogen (secondary N) is 2. The predicted octanol–water partition coefficient (Wildman–Crippen LogP) is 3.73. The lowest BCUT2D eigenvalue weighted by Gasteiger charge is -2.09. The highest BCUT2D eigenvalue weighted by molar-refractivity contribution is 9.10. The fraction of sp³-hybridized carbons (Fsp3) is 0.214. The maximum Gasteiger partial charge on any atom is 0.259 e. The van der Waals surface area contributed by atoms with E-state index in [1.807, 2.05) is 13.8 Å². The Labute approximate surface area is 134 Å². The Morgan fingerprint density at radius 1 is 1.24 bits per heavy atom. The smallest absolute Gasteiger partial charge is 0.259 e. The summed E-state index contributed by atoms with van der Waals surface area (Å²) in [5, 5.41) is 5.95. The van der Waals surface area contributed by atoms with Crippen molar-refractivity contribution in [2.24, 2.45) is 0 Å². The van der Waals surface area contributed by atoms with E-state index >= 15 is 0 Å². The maximum atomic E-state index is 12.3. The molecule has 7 heteroatoms. The fourth-order valence-electron chi connectivity index (χ4n) is 1.70. The van der Waals surface area contributed by atoms with Crippen LogP contribution in [0.25, 0.3) is 0 Å². The van der Waals surface area contributed by atoms with Gasteiger partial charge in [0.25, 0.3) is 5.91 Å². The summed E-state index contributed by atoms with van der Waals surface area (Å²) < 4.78 is 0.781. The van der Waals surface area contributed by atoms with E-state index in [1.54, 1.807) is 18.2 Å². The van der Waals surface area contributed by atoms with Gasteiger partial charge in [0.2, 0.25) is 5.91 Å². The van der Waals surface area contributed by atoms with Crippen LogP contribution in [0, 0.1) is 13.8 Å². The quantitative estimate of drug-likeness (QED) is 0.867. The van der Waals surface area contributed by atoms with Gasteiger partial charge < -0.3 is 5.32 Å². The third-order valence-electron chi connectivity index (χ3n) is 2.79. The molecule has 2 amide bonds. The van der Waals surface area contributed by atoms with Crippen LogP contribution in [0.5, 0.6) is 0 Å². The molecule has 21 heavy (non-hydrogen) atoms. The number of aryl methyl sites for hydroxylation is 2. The van der Waals surface area contributed by atoms with Gasteiger partial charge in [-0.15, -0.1) is 11.3 Å². The molecular weight excluding hydrogens is 354 g/mol. The molecule has 0 spiro atoms. The molecule has 2 N–H and O–H groups in total. The van der Waals surface area contributed by atoms with Crippen molar-refractivity contribution in [1.29, 1.82) is 0 Å². The Hall–Kier alpha value is -1.73. The summed E-state index contributed by atoms with van der Waals surface area (Å²) in [7, 11) is 0.